The minimum absolute atomic E-state index is 0. The first-order valence-electron chi connectivity index (χ1n) is 6.86. The Bertz CT molecular complexity index is 277. The van der Waals surface area contributed by atoms with E-state index >= 15 is 0 Å². The fourth-order valence-corrected chi connectivity index (χ4v) is 2.96. The Labute approximate surface area is 146 Å². The highest BCUT2D eigenvalue weighted by atomic mass is 35.5. The van der Waals surface area contributed by atoms with Gasteiger partial charge in [-0.2, -0.15) is 13.4 Å². The van der Waals surface area contributed by atoms with Crippen LogP contribution in [0, 0.1) is 0 Å². The lowest BCUT2D eigenvalue weighted by molar-refractivity contribution is -1.35. The fraction of sp³-hybridized carbons (Fsp3) is 1.00. The van der Waals surface area contributed by atoms with Gasteiger partial charge in [-0.1, -0.05) is 0 Å². The molecule has 0 spiro atoms. The third kappa shape index (κ3) is 3.26. The molecule has 0 saturated carbocycles. The zero-order valence-corrected chi connectivity index (χ0v) is 14.5. The Hall–Kier alpha value is -0.190. The van der Waals surface area contributed by atoms with E-state index in [0.29, 0.717) is 0 Å². The number of hydrogen-bond acceptors (Lipinski definition) is 9. The van der Waals surface area contributed by atoms with E-state index in [9.17, 15) is 46.0 Å². The van der Waals surface area contributed by atoms with Crippen molar-refractivity contribution in [3.8, 4) is 0 Å². The molecule has 12 nitrogen and oxygen atoms in total. The predicted octanol–water partition coefficient (Wildman–Crippen LogP) is -4.92. The van der Waals surface area contributed by atoms with E-state index in [-0.39, 0.29) is 12.4 Å². The van der Waals surface area contributed by atoms with Crippen molar-refractivity contribution in [2.75, 3.05) is 60.6 Å². The van der Waals surface area contributed by atoms with Gasteiger partial charge in [-0.15, -0.1) is 12.4 Å². The van der Waals surface area contributed by atoms with Gasteiger partial charge in [-0.05, 0) is 0 Å². The van der Waals surface area contributed by atoms with E-state index in [0.717, 1.165) is 0 Å². The molecule has 0 aromatic carbocycles. The Morgan fingerprint density at radius 2 is 0.583 bits per heavy atom. The van der Waals surface area contributed by atoms with Crippen LogP contribution in [-0.2, 0) is 0 Å². The normalized spacial score (nSPS) is 13.8. The minimum Gasteiger partial charge on any atom is -0.347 e. The van der Waals surface area contributed by atoms with Crippen LogP contribution in [-0.4, -0.2) is 126 Å². The van der Waals surface area contributed by atoms with Crippen LogP contribution < -0.4 is 0 Å². The number of hydrogen-bond donors (Lipinski definition) is 9. The largest absolute Gasteiger partial charge is 0.365 e. The van der Waals surface area contributed by atoms with Gasteiger partial charge < -0.3 is 46.0 Å². The third-order valence-corrected chi connectivity index (χ3v) is 5.13. The van der Waals surface area contributed by atoms with Gasteiger partial charge in [-0.25, -0.2) is 0 Å². The molecule has 0 rings (SSSR count). The summed E-state index contributed by atoms with van der Waals surface area (Å²) in [5.41, 5.74) is 0. The molecule has 0 aliphatic heterocycles. The van der Waals surface area contributed by atoms with Crippen molar-refractivity contribution in [2.24, 2.45) is 0 Å². The van der Waals surface area contributed by atoms with Gasteiger partial charge >= 0.3 is 5.79 Å². The van der Waals surface area contributed by atoms with Crippen LogP contribution in [0.4, 0.5) is 0 Å². The number of quaternary nitrogens is 3. The van der Waals surface area contributed by atoms with Gasteiger partial charge in [0.2, 0.25) is 0 Å². The molecule has 0 atom stereocenters. The van der Waals surface area contributed by atoms with Gasteiger partial charge in [0.15, 0.2) is 60.6 Å². The predicted molar refractivity (Wildman–Crippen MR) is 80.2 cm³/mol. The number of nitrogens with zero attached hydrogens (tertiary/aromatic N) is 3. The van der Waals surface area contributed by atoms with Crippen molar-refractivity contribution < 1.29 is 59.4 Å². The quantitative estimate of drug-likeness (QED) is 0.117. The Balaban J connectivity index is 0. The second kappa shape index (κ2) is 10.1. The first kappa shape index (κ1) is 26.0. The van der Waals surface area contributed by atoms with Crippen LogP contribution in [0.5, 0.6) is 0 Å². The summed E-state index contributed by atoms with van der Waals surface area (Å²) in [7, 11) is 0. The summed E-state index contributed by atoms with van der Waals surface area (Å²) < 4.78 is -3.22. The van der Waals surface area contributed by atoms with E-state index in [1.54, 1.807) is 0 Å². The molecule has 0 amide bonds. The molecule has 0 saturated heterocycles. The monoisotopic (exact) mass is 384 g/mol. The maximum Gasteiger partial charge on any atom is 0.365 e. The lowest BCUT2D eigenvalue weighted by atomic mass is 10.1. The summed E-state index contributed by atoms with van der Waals surface area (Å²) >= 11 is 0. The van der Waals surface area contributed by atoms with Crippen LogP contribution in [0.3, 0.4) is 0 Å². The molecule has 0 radical (unpaired) electrons. The zero-order chi connectivity index (χ0) is 18.4. The Kier molecular flexibility index (Phi) is 10.9. The third-order valence-electron chi connectivity index (χ3n) is 5.13. The number of halogens is 1. The smallest absolute Gasteiger partial charge is 0.347 e. The molecule has 0 fully saturated rings. The van der Waals surface area contributed by atoms with Gasteiger partial charge in [-0.3, -0.25) is 0 Å². The SMILES string of the molecule is CC([N+](CO)(CO)CO)([N+](CO)(CO)CO)[N+](CO)(CO)CO.Cl. The lowest BCUT2D eigenvalue weighted by Crippen LogP contribution is -2.90. The van der Waals surface area contributed by atoms with Crippen LogP contribution >= 0.6 is 12.4 Å². The maximum atomic E-state index is 9.75. The van der Waals surface area contributed by atoms with E-state index in [1.165, 1.54) is 6.92 Å². The van der Waals surface area contributed by atoms with Crippen molar-refractivity contribution in [1.82, 2.24) is 0 Å². The first-order chi connectivity index (χ1) is 10.8. The van der Waals surface area contributed by atoms with E-state index < -0.39 is 79.8 Å². The first-order valence-corrected chi connectivity index (χ1v) is 6.86. The molecule has 24 heavy (non-hydrogen) atoms. The molecular formula is C11H31ClN3O9+3. The summed E-state index contributed by atoms with van der Waals surface area (Å²) in [6.45, 7) is -7.27. The highest BCUT2D eigenvalue weighted by molar-refractivity contribution is 5.85. The van der Waals surface area contributed by atoms with Crippen molar-refractivity contribution in [3.05, 3.63) is 0 Å². The molecule has 9 N–H and O–H groups in total. The van der Waals surface area contributed by atoms with Gasteiger partial charge in [0, 0.05) is 0 Å². The highest BCUT2D eigenvalue weighted by Crippen LogP contribution is 2.41. The van der Waals surface area contributed by atoms with Crippen molar-refractivity contribution >= 4 is 12.4 Å². The second-order valence-electron chi connectivity index (χ2n) is 5.68. The zero-order valence-electron chi connectivity index (χ0n) is 13.6. The van der Waals surface area contributed by atoms with Gasteiger partial charge in [0.1, 0.15) is 6.92 Å². The van der Waals surface area contributed by atoms with Crippen molar-refractivity contribution in [3.63, 3.8) is 0 Å². The molecule has 0 aliphatic carbocycles. The molecule has 0 unspecified atom stereocenters. The van der Waals surface area contributed by atoms with Crippen LogP contribution in [0.2, 0.25) is 0 Å². The van der Waals surface area contributed by atoms with Gasteiger partial charge in [0.05, 0.1) is 0 Å². The lowest BCUT2D eigenvalue weighted by Gasteiger charge is -2.59. The average molecular weight is 385 g/mol. The summed E-state index contributed by atoms with van der Waals surface area (Å²) in [4.78, 5) is 0. The molecule has 13 heteroatoms. The Morgan fingerprint density at radius 3 is 0.667 bits per heavy atom. The molecule has 148 valence electrons. The molecule has 0 bridgehead atoms. The molecule has 0 heterocycles. The number of aliphatic hydroxyl groups is 9. The van der Waals surface area contributed by atoms with Crippen LogP contribution in [0.15, 0.2) is 0 Å². The molecule has 0 aromatic rings. The van der Waals surface area contributed by atoms with Crippen LogP contribution in [0.1, 0.15) is 6.92 Å². The van der Waals surface area contributed by atoms with E-state index in [2.05, 4.69) is 0 Å². The standard InChI is InChI=1S/C11H30N3O9.ClH/c1-11(12(2-15,3-16)4-17,13(5-18,6-19)7-20)14(8-21,9-22)10-23;/h15-23H,2-10H2,1H3;1H/q+3;. The highest BCUT2D eigenvalue weighted by Gasteiger charge is 2.73. The summed E-state index contributed by atoms with van der Waals surface area (Å²) in [5, 5.41) is 87.8. The van der Waals surface area contributed by atoms with Crippen molar-refractivity contribution in [2.45, 2.75) is 12.7 Å². The topological polar surface area (TPSA) is 182 Å². The molecular weight excluding hydrogens is 354 g/mol. The second-order valence-corrected chi connectivity index (χ2v) is 5.68. The Morgan fingerprint density at radius 1 is 0.458 bits per heavy atom. The van der Waals surface area contributed by atoms with E-state index in [1.807, 2.05) is 0 Å². The van der Waals surface area contributed by atoms with Crippen LogP contribution in [0.25, 0.3) is 0 Å². The fourth-order valence-electron chi connectivity index (χ4n) is 2.96. The maximum absolute atomic E-state index is 9.75. The number of rotatable bonds is 12. The summed E-state index contributed by atoms with van der Waals surface area (Å²) in [6, 6.07) is 0. The van der Waals surface area contributed by atoms with Gasteiger partial charge in [0.25, 0.3) is 0 Å². The molecule has 0 aliphatic rings. The minimum atomic E-state index is -2.05. The van der Waals surface area contributed by atoms with E-state index in [4.69, 9.17) is 0 Å². The average Bonchev–Trinajstić information content (AvgIpc) is 2.61. The molecule has 0 aromatic heterocycles. The summed E-state index contributed by atoms with van der Waals surface area (Å²) in [5.74, 6) is -2.05. The van der Waals surface area contributed by atoms with Crippen molar-refractivity contribution in [1.29, 1.82) is 0 Å². The summed E-state index contributed by atoms with van der Waals surface area (Å²) in [6.07, 6.45) is 0. The number of aliphatic hydroxyl groups excluding tert-OH is 9.